The third-order valence-corrected chi connectivity index (χ3v) is 14.0. The molecule has 6 heteroatoms. The molecule has 1 unspecified atom stereocenters. The van der Waals surface area contributed by atoms with Crippen LogP contribution in [0.3, 0.4) is 0 Å². The van der Waals surface area contributed by atoms with E-state index in [9.17, 15) is 5.26 Å². The van der Waals surface area contributed by atoms with E-state index < -0.39 is 8.32 Å². The number of aromatic nitrogens is 2. The number of ether oxygens (including phenoxy) is 1. The molecule has 5 rings (SSSR count). The van der Waals surface area contributed by atoms with Gasteiger partial charge in [-0.2, -0.15) is 10.2 Å². The van der Waals surface area contributed by atoms with Crippen molar-refractivity contribution in [3.8, 4) is 23.1 Å². The number of rotatable bonds is 13. The fraction of sp³-hybridized carbons (Fsp3) is 0.310. The molecule has 246 valence electrons. The van der Waals surface area contributed by atoms with Crippen molar-refractivity contribution in [2.75, 3.05) is 6.61 Å². The Morgan fingerprint density at radius 3 is 2.00 bits per heavy atom. The lowest BCUT2D eigenvalue weighted by Crippen LogP contribution is -2.67. The first-order chi connectivity index (χ1) is 23.2. The molecule has 0 aliphatic rings. The highest BCUT2D eigenvalue weighted by molar-refractivity contribution is 6.99. The second kappa shape index (κ2) is 15.6. The summed E-state index contributed by atoms with van der Waals surface area (Å²) >= 11 is 0. The molecule has 0 saturated heterocycles. The van der Waals surface area contributed by atoms with Crippen LogP contribution in [-0.2, 0) is 17.3 Å². The van der Waals surface area contributed by atoms with E-state index in [4.69, 9.17) is 19.1 Å². The van der Waals surface area contributed by atoms with Gasteiger partial charge in [-0.15, -0.1) is 0 Å². The summed E-state index contributed by atoms with van der Waals surface area (Å²) in [6.07, 6.45) is 3.44. The monoisotopic (exact) mass is 653 g/mol. The van der Waals surface area contributed by atoms with Crippen molar-refractivity contribution in [2.45, 2.75) is 78.4 Å². The van der Waals surface area contributed by atoms with Crippen molar-refractivity contribution in [3.63, 3.8) is 0 Å². The van der Waals surface area contributed by atoms with Gasteiger partial charge in [0.15, 0.2) is 0 Å². The standard InChI is InChI=1S/C42H47N3O2Si/c1-7-8-23-40-39(28-33-24-26-34(27-25-33)38-22-16-15-17-35(38)29-43)41(45-32(3)44-40)46-30-31(2)47-48(42(4,5)6,36-18-11-9-12-19-36)37-20-13-10-14-21-37/h9-22,24-27,31H,7-8,23,28,30H2,1-6H3. The third-order valence-electron chi connectivity index (χ3n) is 8.88. The summed E-state index contributed by atoms with van der Waals surface area (Å²) in [7, 11) is -2.74. The highest BCUT2D eigenvalue weighted by Gasteiger charge is 2.51. The first kappa shape index (κ1) is 34.8. The van der Waals surface area contributed by atoms with Gasteiger partial charge in [0.25, 0.3) is 8.32 Å². The summed E-state index contributed by atoms with van der Waals surface area (Å²) < 4.78 is 13.9. The van der Waals surface area contributed by atoms with Crippen molar-refractivity contribution < 1.29 is 9.16 Å². The lowest BCUT2D eigenvalue weighted by Gasteiger charge is -2.44. The van der Waals surface area contributed by atoms with Crippen LogP contribution < -0.4 is 15.1 Å². The van der Waals surface area contributed by atoms with Gasteiger partial charge in [0.2, 0.25) is 5.88 Å². The van der Waals surface area contributed by atoms with Crippen molar-refractivity contribution in [3.05, 3.63) is 137 Å². The quantitative estimate of drug-likeness (QED) is 0.119. The van der Waals surface area contributed by atoms with Crippen LogP contribution in [0.25, 0.3) is 11.1 Å². The van der Waals surface area contributed by atoms with Crippen LogP contribution in [0, 0.1) is 18.3 Å². The van der Waals surface area contributed by atoms with Crippen molar-refractivity contribution in [1.82, 2.24) is 9.97 Å². The average molecular weight is 654 g/mol. The zero-order valence-electron chi connectivity index (χ0n) is 29.2. The molecule has 0 N–H and O–H groups in total. The van der Waals surface area contributed by atoms with E-state index in [1.54, 1.807) is 0 Å². The Labute approximate surface area is 287 Å². The number of hydrogen-bond acceptors (Lipinski definition) is 5. The maximum atomic E-state index is 9.61. The zero-order chi connectivity index (χ0) is 34.1. The lowest BCUT2D eigenvalue weighted by molar-refractivity contribution is 0.129. The van der Waals surface area contributed by atoms with Crippen LogP contribution in [0.2, 0.25) is 5.04 Å². The van der Waals surface area contributed by atoms with Gasteiger partial charge < -0.3 is 9.16 Å². The lowest BCUT2D eigenvalue weighted by atomic mass is 9.96. The van der Waals surface area contributed by atoms with E-state index in [2.05, 4.69) is 126 Å². The minimum absolute atomic E-state index is 0.131. The smallest absolute Gasteiger partial charge is 0.261 e. The van der Waals surface area contributed by atoms with E-state index in [-0.39, 0.29) is 11.1 Å². The van der Waals surface area contributed by atoms with Crippen molar-refractivity contribution in [2.24, 2.45) is 0 Å². The molecule has 0 fully saturated rings. The molecule has 0 spiro atoms. The Morgan fingerprint density at radius 1 is 0.812 bits per heavy atom. The number of hydrogen-bond donors (Lipinski definition) is 0. The van der Waals surface area contributed by atoms with Gasteiger partial charge in [0.05, 0.1) is 23.4 Å². The predicted molar refractivity (Wildman–Crippen MR) is 198 cm³/mol. The molecule has 1 aromatic heterocycles. The minimum atomic E-state index is -2.74. The van der Waals surface area contributed by atoms with E-state index in [0.29, 0.717) is 30.3 Å². The number of aryl methyl sites for hydroxylation is 2. The Balaban J connectivity index is 1.44. The summed E-state index contributed by atoms with van der Waals surface area (Å²) in [6, 6.07) is 39.9. The summed E-state index contributed by atoms with van der Waals surface area (Å²) in [4.78, 5) is 9.75. The van der Waals surface area contributed by atoms with Gasteiger partial charge in [-0.05, 0) is 64.9 Å². The molecular weight excluding hydrogens is 607 g/mol. The van der Waals surface area contributed by atoms with Crippen LogP contribution in [0.1, 0.15) is 75.7 Å². The van der Waals surface area contributed by atoms with Gasteiger partial charge in [-0.25, -0.2) is 4.98 Å². The first-order valence-corrected chi connectivity index (χ1v) is 18.9. The molecule has 48 heavy (non-hydrogen) atoms. The van der Waals surface area contributed by atoms with Gasteiger partial charge in [-0.3, -0.25) is 0 Å². The SMILES string of the molecule is CCCCc1nc(C)nc(OCC(C)O[Si](c2ccccc2)(c2ccccc2)C(C)(C)C)c1Cc1ccc(-c2ccccc2C#N)cc1. The predicted octanol–water partition coefficient (Wildman–Crippen LogP) is 8.60. The number of benzene rings is 4. The van der Waals surface area contributed by atoms with E-state index in [1.807, 2.05) is 31.2 Å². The molecule has 1 heterocycles. The van der Waals surface area contributed by atoms with Gasteiger partial charge in [0, 0.05) is 12.0 Å². The number of nitrogens with zero attached hydrogens (tertiary/aromatic N) is 3. The first-order valence-electron chi connectivity index (χ1n) is 17.0. The second-order valence-corrected chi connectivity index (χ2v) is 17.8. The molecule has 1 atom stereocenters. The second-order valence-electron chi connectivity index (χ2n) is 13.5. The Bertz CT molecular complexity index is 1790. The maximum absolute atomic E-state index is 9.61. The minimum Gasteiger partial charge on any atom is -0.475 e. The Kier molecular flexibility index (Phi) is 11.3. The van der Waals surface area contributed by atoms with E-state index in [1.165, 1.54) is 10.4 Å². The van der Waals surface area contributed by atoms with Gasteiger partial charge in [0.1, 0.15) is 12.4 Å². The molecule has 4 aromatic carbocycles. The maximum Gasteiger partial charge on any atom is 0.261 e. The van der Waals surface area contributed by atoms with Gasteiger partial charge in [-0.1, -0.05) is 137 Å². The van der Waals surface area contributed by atoms with Crippen LogP contribution in [-0.4, -0.2) is 31.0 Å². The topological polar surface area (TPSA) is 68.0 Å². The summed E-state index contributed by atoms with van der Waals surface area (Å²) in [5, 5.41) is 12.0. The molecular formula is C42H47N3O2Si. The van der Waals surface area contributed by atoms with E-state index >= 15 is 0 Å². The van der Waals surface area contributed by atoms with Crippen molar-refractivity contribution in [1.29, 1.82) is 5.26 Å². The molecule has 0 saturated carbocycles. The highest BCUT2D eigenvalue weighted by atomic mass is 28.4. The molecule has 5 nitrogen and oxygen atoms in total. The molecule has 0 aliphatic carbocycles. The molecule has 0 amide bonds. The zero-order valence-corrected chi connectivity index (χ0v) is 30.2. The molecule has 0 radical (unpaired) electrons. The third kappa shape index (κ3) is 7.76. The van der Waals surface area contributed by atoms with Crippen molar-refractivity contribution >= 4 is 18.7 Å². The summed E-state index contributed by atoms with van der Waals surface area (Å²) in [6.45, 7) is 13.5. The number of nitriles is 1. The molecule has 0 bridgehead atoms. The molecule has 5 aromatic rings. The van der Waals surface area contributed by atoms with E-state index in [0.717, 1.165) is 47.2 Å². The van der Waals surface area contributed by atoms with Crippen LogP contribution in [0.15, 0.2) is 109 Å². The van der Waals surface area contributed by atoms with Crippen LogP contribution in [0.5, 0.6) is 5.88 Å². The number of unbranched alkanes of at least 4 members (excludes halogenated alkanes) is 1. The van der Waals surface area contributed by atoms with Gasteiger partial charge >= 0.3 is 0 Å². The van der Waals surface area contributed by atoms with Crippen LogP contribution in [0.4, 0.5) is 0 Å². The Hall–Kier alpha value is -4.57. The highest BCUT2D eigenvalue weighted by Crippen LogP contribution is 2.37. The van der Waals surface area contributed by atoms with Crippen LogP contribution >= 0.6 is 0 Å². The fourth-order valence-corrected chi connectivity index (χ4v) is 11.2. The Morgan fingerprint density at radius 2 is 1.42 bits per heavy atom. The summed E-state index contributed by atoms with van der Waals surface area (Å²) in [5.41, 5.74) is 5.83. The largest absolute Gasteiger partial charge is 0.475 e. The summed E-state index contributed by atoms with van der Waals surface area (Å²) in [5.74, 6) is 1.34. The normalized spacial score (nSPS) is 12.4. The average Bonchev–Trinajstić information content (AvgIpc) is 3.10. The fourth-order valence-electron chi connectivity index (χ4n) is 6.54. The molecule has 0 aliphatic heterocycles.